The van der Waals surface area contributed by atoms with Crippen LogP contribution in [-0.2, 0) is 9.47 Å². The molecule has 1 aromatic heterocycles. The van der Waals surface area contributed by atoms with Crippen LogP contribution >= 0.6 is 11.3 Å². The van der Waals surface area contributed by atoms with Gasteiger partial charge in [0.1, 0.15) is 0 Å². The third-order valence-corrected chi connectivity index (χ3v) is 3.37. The topological polar surface area (TPSA) is 18.5 Å². The third kappa shape index (κ3) is 1.25. The van der Waals surface area contributed by atoms with Crippen molar-refractivity contribution in [3.8, 4) is 0 Å². The molecule has 0 amide bonds. The fraction of sp³-hybridized carbons (Fsp3) is 0.273. The highest BCUT2D eigenvalue weighted by Crippen LogP contribution is 2.33. The lowest BCUT2D eigenvalue weighted by molar-refractivity contribution is -0.0427. The van der Waals surface area contributed by atoms with Crippen molar-refractivity contribution >= 4 is 21.4 Å². The summed E-state index contributed by atoms with van der Waals surface area (Å²) in [4.78, 5) is 0. The van der Waals surface area contributed by atoms with E-state index < -0.39 is 0 Å². The standard InChI is InChI=1S/C11H10O2S/c1-2-4-10-8(3-1)9(7-14-10)11-12-5-6-13-11/h1-4,7,11H,5-6H2. The van der Waals surface area contributed by atoms with Crippen LogP contribution in [0.5, 0.6) is 0 Å². The second-order valence-electron chi connectivity index (χ2n) is 3.26. The summed E-state index contributed by atoms with van der Waals surface area (Å²) in [6.07, 6.45) is -0.147. The third-order valence-electron chi connectivity index (χ3n) is 2.39. The largest absolute Gasteiger partial charge is 0.346 e. The first-order chi connectivity index (χ1) is 6.95. The van der Waals surface area contributed by atoms with E-state index in [2.05, 4.69) is 23.6 Å². The van der Waals surface area contributed by atoms with Crippen molar-refractivity contribution in [1.82, 2.24) is 0 Å². The Balaban J connectivity index is 2.11. The molecule has 0 spiro atoms. The zero-order valence-corrected chi connectivity index (χ0v) is 8.42. The van der Waals surface area contributed by atoms with Crippen LogP contribution < -0.4 is 0 Å². The molecule has 72 valence electrons. The molecule has 2 heterocycles. The van der Waals surface area contributed by atoms with Gasteiger partial charge in [0, 0.05) is 21.0 Å². The van der Waals surface area contributed by atoms with Crippen molar-refractivity contribution < 1.29 is 9.47 Å². The maximum absolute atomic E-state index is 5.49. The summed E-state index contributed by atoms with van der Waals surface area (Å²) >= 11 is 1.74. The fourth-order valence-corrected chi connectivity index (χ4v) is 2.68. The number of thiophene rings is 1. The van der Waals surface area contributed by atoms with Gasteiger partial charge < -0.3 is 9.47 Å². The number of hydrogen-bond acceptors (Lipinski definition) is 3. The normalized spacial score (nSPS) is 18.0. The maximum Gasteiger partial charge on any atom is 0.185 e. The van der Waals surface area contributed by atoms with Gasteiger partial charge in [-0.1, -0.05) is 18.2 Å². The zero-order chi connectivity index (χ0) is 9.38. The molecular weight excluding hydrogens is 196 g/mol. The molecule has 14 heavy (non-hydrogen) atoms. The van der Waals surface area contributed by atoms with Crippen molar-refractivity contribution in [3.63, 3.8) is 0 Å². The Morgan fingerprint density at radius 2 is 1.93 bits per heavy atom. The van der Waals surface area contributed by atoms with Gasteiger partial charge in [-0.15, -0.1) is 11.3 Å². The Kier molecular flexibility index (Phi) is 2.01. The molecule has 3 heteroatoms. The first kappa shape index (κ1) is 8.41. The SMILES string of the molecule is c1ccc2c(C3OCCO3)csc2c1. The minimum atomic E-state index is -0.147. The molecule has 0 atom stereocenters. The lowest BCUT2D eigenvalue weighted by Gasteiger charge is -2.06. The summed E-state index contributed by atoms with van der Waals surface area (Å²) in [6.45, 7) is 1.41. The Labute approximate surface area is 86.1 Å². The van der Waals surface area contributed by atoms with Gasteiger partial charge in [0.25, 0.3) is 0 Å². The van der Waals surface area contributed by atoms with E-state index in [0.717, 1.165) is 0 Å². The highest BCUT2D eigenvalue weighted by atomic mass is 32.1. The Bertz CT molecular complexity index is 443. The molecule has 0 bridgehead atoms. The second kappa shape index (κ2) is 3.35. The number of benzene rings is 1. The van der Waals surface area contributed by atoms with Crippen molar-refractivity contribution in [3.05, 3.63) is 35.2 Å². The van der Waals surface area contributed by atoms with Crippen molar-refractivity contribution in [1.29, 1.82) is 0 Å². The highest BCUT2D eigenvalue weighted by Gasteiger charge is 2.21. The lowest BCUT2D eigenvalue weighted by atomic mass is 10.2. The van der Waals surface area contributed by atoms with Gasteiger partial charge in [0.05, 0.1) is 13.2 Å². The summed E-state index contributed by atoms with van der Waals surface area (Å²) in [5, 5.41) is 3.38. The summed E-state index contributed by atoms with van der Waals surface area (Å²) in [7, 11) is 0. The van der Waals surface area contributed by atoms with Crippen LogP contribution in [0.1, 0.15) is 11.9 Å². The van der Waals surface area contributed by atoms with Gasteiger partial charge in [0.2, 0.25) is 0 Å². The van der Waals surface area contributed by atoms with Crippen molar-refractivity contribution in [2.24, 2.45) is 0 Å². The molecule has 2 aromatic rings. The predicted octanol–water partition coefficient (Wildman–Crippen LogP) is 2.95. The zero-order valence-electron chi connectivity index (χ0n) is 7.60. The monoisotopic (exact) mass is 206 g/mol. The van der Waals surface area contributed by atoms with Crippen molar-refractivity contribution in [2.45, 2.75) is 6.29 Å². The van der Waals surface area contributed by atoms with E-state index in [-0.39, 0.29) is 6.29 Å². The Morgan fingerprint density at radius 1 is 1.14 bits per heavy atom. The molecule has 3 rings (SSSR count). The first-order valence-electron chi connectivity index (χ1n) is 4.64. The van der Waals surface area contributed by atoms with Crippen LogP contribution in [0.4, 0.5) is 0 Å². The van der Waals surface area contributed by atoms with E-state index in [1.165, 1.54) is 15.6 Å². The van der Waals surface area contributed by atoms with E-state index in [9.17, 15) is 0 Å². The molecule has 1 aromatic carbocycles. The summed E-state index contributed by atoms with van der Waals surface area (Å²) < 4.78 is 12.3. The van der Waals surface area contributed by atoms with Gasteiger partial charge in [-0.05, 0) is 6.07 Å². The van der Waals surface area contributed by atoms with Gasteiger partial charge in [-0.3, -0.25) is 0 Å². The smallest absolute Gasteiger partial charge is 0.185 e. The number of hydrogen-bond donors (Lipinski definition) is 0. The molecule has 1 saturated heterocycles. The molecule has 0 aliphatic carbocycles. The second-order valence-corrected chi connectivity index (χ2v) is 4.17. The van der Waals surface area contributed by atoms with E-state index in [1.807, 2.05) is 6.07 Å². The van der Waals surface area contributed by atoms with Gasteiger partial charge >= 0.3 is 0 Å². The minimum Gasteiger partial charge on any atom is -0.346 e. The average Bonchev–Trinajstić information content (AvgIpc) is 2.85. The average molecular weight is 206 g/mol. The molecular formula is C11H10O2S. The number of rotatable bonds is 1. The van der Waals surface area contributed by atoms with Crippen LogP contribution in [0.25, 0.3) is 10.1 Å². The number of fused-ring (bicyclic) bond motifs is 1. The van der Waals surface area contributed by atoms with Gasteiger partial charge in [0.15, 0.2) is 6.29 Å². The van der Waals surface area contributed by atoms with Crippen LogP contribution in [-0.4, -0.2) is 13.2 Å². The molecule has 0 radical (unpaired) electrons. The molecule has 2 nitrogen and oxygen atoms in total. The van der Waals surface area contributed by atoms with Crippen molar-refractivity contribution in [2.75, 3.05) is 13.2 Å². The highest BCUT2D eigenvalue weighted by molar-refractivity contribution is 7.17. The van der Waals surface area contributed by atoms with Crippen LogP contribution in [0.15, 0.2) is 29.6 Å². The molecule has 1 aliphatic rings. The Morgan fingerprint density at radius 3 is 2.79 bits per heavy atom. The van der Waals surface area contributed by atoms with E-state index in [1.54, 1.807) is 11.3 Å². The molecule has 0 N–H and O–H groups in total. The molecule has 0 saturated carbocycles. The van der Waals surface area contributed by atoms with Crippen LogP contribution in [0.2, 0.25) is 0 Å². The van der Waals surface area contributed by atoms with Crippen LogP contribution in [0.3, 0.4) is 0 Å². The van der Waals surface area contributed by atoms with Crippen LogP contribution in [0, 0.1) is 0 Å². The quantitative estimate of drug-likeness (QED) is 0.714. The maximum atomic E-state index is 5.49. The summed E-state index contributed by atoms with van der Waals surface area (Å²) in [5.41, 5.74) is 1.17. The predicted molar refractivity (Wildman–Crippen MR) is 56.5 cm³/mol. The van der Waals surface area contributed by atoms with Gasteiger partial charge in [-0.2, -0.15) is 0 Å². The van der Waals surface area contributed by atoms with E-state index >= 15 is 0 Å². The van der Waals surface area contributed by atoms with E-state index in [4.69, 9.17) is 9.47 Å². The lowest BCUT2D eigenvalue weighted by Crippen LogP contribution is -1.95. The van der Waals surface area contributed by atoms with Gasteiger partial charge in [-0.25, -0.2) is 0 Å². The molecule has 1 fully saturated rings. The Hall–Kier alpha value is -0.900. The fourth-order valence-electron chi connectivity index (χ4n) is 1.72. The van der Waals surface area contributed by atoms with E-state index in [0.29, 0.717) is 13.2 Å². The molecule has 1 aliphatic heterocycles. The summed E-state index contributed by atoms with van der Waals surface area (Å²) in [5.74, 6) is 0. The summed E-state index contributed by atoms with van der Waals surface area (Å²) in [6, 6.07) is 8.34. The minimum absolute atomic E-state index is 0.147. The number of ether oxygens (including phenoxy) is 2. The molecule has 0 unspecified atom stereocenters. The first-order valence-corrected chi connectivity index (χ1v) is 5.52.